The second kappa shape index (κ2) is 17.7. The van der Waals surface area contributed by atoms with Crippen LogP contribution in [-0.2, 0) is 32.1 Å². The van der Waals surface area contributed by atoms with Crippen molar-refractivity contribution in [1.82, 2.24) is 30.3 Å². The molecule has 2 aromatic carbocycles. The summed E-state index contributed by atoms with van der Waals surface area (Å²) in [7, 11) is 3.12. The Hall–Kier alpha value is -4.65. The number of ether oxygens (including phenoxy) is 1. The van der Waals surface area contributed by atoms with Crippen molar-refractivity contribution in [2.45, 2.75) is 77.5 Å². The van der Waals surface area contributed by atoms with Crippen LogP contribution in [0.5, 0.6) is 5.75 Å². The number of rotatable bonds is 8. The van der Waals surface area contributed by atoms with E-state index in [9.17, 15) is 24.0 Å². The minimum Gasteiger partial charge on any atom is -0.497 e. The lowest BCUT2D eigenvalue weighted by Gasteiger charge is -2.30. The maximum Gasteiger partial charge on any atom is 0.419 e. The van der Waals surface area contributed by atoms with E-state index in [1.165, 1.54) is 4.90 Å². The van der Waals surface area contributed by atoms with Crippen molar-refractivity contribution >= 4 is 34.7 Å². The molecule has 0 bridgehead atoms. The number of fused-ring (bicyclic) bond motifs is 1. The van der Waals surface area contributed by atoms with Crippen LogP contribution in [0.4, 0.5) is 0 Å². The number of nitrogens with zero attached hydrogens (tertiary/aromatic N) is 3. The van der Waals surface area contributed by atoms with E-state index in [-0.39, 0.29) is 30.6 Å². The minimum atomic E-state index is -0.972. The molecule has 0 radical (unpaired) electrons. The van der Waals surface area contributed by atoms with E-state index in [1.54, 1.807) is 43.8 Å². The maximum absolute atomic E-state index is 13.9. The predicted molar refractivity (Wildman–Crippen MR) is 186 cm³/mol. The number of carbonyl (C=O) groups is 4. The summed E-state index contributed by atoms with van der Waals surface area (Å²) in [5.74, 6) is -1.11. The number of para-hydroxylation sites is 2. The number of likely N-dealkylation sites (N-methyl/N-ethyl adjacent to an activating group) is 1. The van der Waals surface area contributed by atoms with Gasteiger partial charge in [-0.3, -0.25) is 23.7 Å². The van der Waals surface area contributed by atoms with Crippen LogP contribution in [0.3, 0.4) is 0 Å². The maximum atomic E-state index is 13.9. The Labute approximate surface area is 287 Å². The van der Waals surface area contributed by atoms with Gasteiger partial charge in [0.2, 0.25) is 23.6 Å². The summed E-state index contributed by atoms with van der Waals surface area (Å²) in [5, 5.41) is 8.74. The Morgan fingerprint density at radius 1 is 0.898 bits per heavy atom. The van der Waals surface area contributed by atoms with Crippen LogP contribution >= 0.6 is 0 Å². The van der Waals surface area contributed by atoms with E-state index in [1.807, 2.05) is 44.2 Å². The highest BCUT2D eigenvalue weighted by atomic mass is 16.5. The molecule has 1 aliphatic heterocycles. The Kier molecular flexibility index (Phi) is 13.4. The molecule has 1 fully saturated rings. The van der Waals surface area contributed by atoms with Gasteiger partial charge in [0.1, 0.15) is 23.9 Å². The molecule has 1 aliphatic rings. The fourth-order valence-electron chi connectivity index (χ4n) is 5.98. The highest BCUT2D eigenvalue weighted by Crippen LogP contribution is 2.16. The standard InChI is InChI=1S/C36H50N6O7/c1-24(2)22-28-34(45)39-29(23-26-13-15-27(48-5)16-14-26)35(46)40(4)25(3)33(44)37-17-9-19-41(18-8-12-32(43)38-28)20-21-42-30-10-6-7-11-31(30)49-36(42)47/h6-7,10-11,13-16,24-25,28-29H,8-9,12,17-23H2,1-5H3,(H,37,44)(H,38,43)(H,39,45)/t25-,28+,29-/m0/s1. The minimum absolute atomic E-state index is 0.0916. The Balaban J connectivity index is 1.52. The molecule has 49 heavy (non-hydrogen) atoms. The van der Waals surface area contributed by atoms with E-state index >= 15 is 0 Å². The average molecular weight is 679 g/mol. The molecular formula is C36H50N6O7. The van der Waals surface area contributed by atoms with Crippen molar-refractivity contribution in [3.05, 3.63) is 64.6 Å². The van der Waals surface area contributed by atoms with Gasteiger partial charge in [0.15, 0.2) is 5.58 Å². The second-order valence-electron chi connectivity index (χ2n) is 13.1. The number of amides is 4. The third-order valence-corrected chi connectivity index (χ3v) is 8.92. The summed E-state index contributed by atoms with van der Waals surface area (Å²) in [6, 6.07) is 11.9. The molecule has 3 atom stereocenters. The van der Waals surface area contributed by atoms with Crippen LogP contribution in [0, 0.1) is 5.92 Å². The van der Waals surface area contributed by atoms with Gasteiger partial charge in [-0.1, -0.05) is 38.1 Å². The number of methoxy groups -OCH3 is 1. The average Bonchev–Trinajstić information content (AvgIpc) is 3.41. The molecule has 13 nitrogen and oxygen atoms in total. The summed E-state index contributed by atoms with van der Waals surface area (Å²) in [5.41, 5.74) is 2.04. The van der Waals surface area contributed by atoms with Crippen LogP contribution in [0.2, 0.25) is 0 Å². The second-order valence-corrected chi connectivity index (χ2v) is 13.1. The largest absolute Gasteiger partial charge is 0.497 e. The summed E-state index contributed by atoms with van der Waals surface area (Å²) < 4.78 is 12.2. The quantitative estimate of drug-likeness (QED) is 0.328. The summed E-state index contributed by atoms with van der Waals surface area (Å²) in [4.78, 5) is 70.0. The van der Waals surface area contributed by atoms with E-state index in [0.29, 0.717) is 68.8 Å². The molecule has 1 aromatic heterocycles. The van der Waals surface area contributed by atoms with E-state index in [0.717, 1.165) is 5.56 Å². The van der Waals surface area contributed by atoms with Gasteiger partial charge >= 0.3 is 5.76 Å². The van der Waals surface area contributed by atoms with E-state index in [4.69, 9.17) is 9.15 Å². The van der Waals surface area contributed by atoms with E-state index in [2.05, 4.69) is 20.9 Å². The number of benzene rings is 2. The van der Waals surface area contributed by atoms with Gasteiger partial charge in [0.05, 0.1) is 12.6 Å². The topological polar surface area (TPSA) is 155 Å². The van der Waals surface area contributed by atoms with Crippen molar-refractivity contribution in [3.8, 4) is 5.75 Å². The fourth-order valence-corrected chi connectivity index (χ4v) is 5.98. The number of hydrogen-bond acceptors (Lipinski definition) is 8. The van der Waals surface area contributed by atoms with E-state index < -0.39 is 35.7 Å². The molecule has 2 heterocycles. The van der Waals surface area contributed by atoms with Crippen molar-refractivity contribution < 1.29 is 28.3 Å². The van der Waals surface area contributed by atoms with Gasteiger partial charge in [-0.2, -0.15) is 0 Å². The number of hydrogen-bond donors (Lipinski definition) is 3. The zero-order valence-electron chi connectivity index (χ0n) is 29.2. The van der Waals surface area contributed by atoms with Gasteiger partial charge in [0, 0.05) is 39.5 Å². The van der Waals surface area contributed by atoms with Crippen LogP contribution in [0.1, 0.15) is 52.0 Å². The number of oxazole rings is 1. The predicted octanol–water partition coefficient (Wildman–Crippen LogP) is 2.31. The number of carbonyl (C=O) groups excluding carboxylic acids is 4. The third kappa shape index (κ3) is 10.4. The highest BCUT2D eigenvalue weighted by Gasteiger charge is 2.32. The van der Waals surface area contributed by atoms with Crippen LogP contribution < -0.4 is 26.4 Å². The molecule has 13 heteroatoms. The monoisotopic (exact) mass is 678 g/mol. The van der Waals surface area contributed by atoms with Crippen molar-refractivity contribution in [2.75, 3.05) is 40.3 Å². The van der Waals surface area contributed by atoms with Crippen LogP contribution in [0.25, 0.3) is 11.1 Å². The van der Waals surface area contributed by atoms with Gasteiger partial charge in [-0.15, -0.1) is 0 Å². The molecule has 1 saturated heterocycles. The molecule has 4 rings (SSSR count). The van der Waals surface area contributed by atoms with Gasteiger partial charge in [0.25, 0.3) is 0 Å². The first-order chi connectivity index (χ1) is 23.5. The molecule has 4 amide bonds. The SMILES string of the molecule is COc1ccc(C[C@@H]2NC(=O)[C@@H](CC(C)C)NC(=O)CCCN(CCn3c(=O)oc4ccccc43)CCCNC(=O)[C@H](C)N(C)C2=O)cc1. The Morgan fingerprint density at radius 3 is 2.33 bits per heavy atom. The zero-order valence-corrected chi connectivity index (χ0v) is 29.2. The van der Waals surface area contributed by atoms with Crippen molar-refractivity contribution in [1.29, 1.82) is 0 Å². The van der Waals surface area contributed by atoms with Crippen molar-refractivity contribution in [3.63, 3.8) is 0 Å². The van der Waals surface area contributed by atoms with Gasteiger partial charge in [-0.25, -0.2) is 4.79 Å². The Bertz CT molecular complexity index is 1630. The zero-order chi connectivity index (χ0) is 35.5. The van der Waals surface area contributed by atoms with Crippen molar-refractivity contribution in [2.24, 2.45) is 5.92 Å². The first kappa shape index (κ1) is 37.2. The lowest BCUT2D eigenvalue weighted by atomic mass is 10.00. The lowest BCUT2D eigenvalue weighted by Crippen LogP contribution is -2.57. The molecule has 0 saturated carbocycles. The first-order valence-electron chi connectivity index (χ1n) is 17.0. The molecular weight excluding hydrogens is 628 g/mol. The smallest absolute Gasteiger partial charge is 0.419 e. The lowest BCUT2D eigenvalue weighted by molar-refractivity contribution is -0.141. The van der Waals surface area contributed by atoms with Crippen LogP contribution in [0.15, 0.2) is 57.7 Å². The normalized spacial score (nSPS) is 21.2. The Morgan fingerprint density at radius 2 is 1.61 bits per heavy atom. The molecule has 0 spiro atoms. The third-order valence-electron chi connectivity index (χ3n) is 8.92. The summed E-state index contributed by atoms with van der Waals surface area (Å²) >= 11 is 0. The van der Waals surface area contributed by atoms with Gasteiger partial charge < -0.3 is 34.9 Å². The molecule has 0 aliphatic carbocycles. The number of nitrogens with one attached hydrogen (secondary N) is 3. The molecule has 3 N–H and O–H groups in total. The fraction of sp³-hybridized carbons (Fsp3) is 0.528. The summed E-state index contributed by atoms with van der Waals surface area (Å²) in [6.45, 7) is 8.06. The molecule has 3 aromatic rings. The highest BCUT2D eigenvalue weighted by molar-refractivity contribution is 5.94. The molecule has 266 valence electrons. The summed E-state index contributed by atoms with van der Waals surface area (Å²) in [6.07, 6.45) is 1.91. The van der Waals surface area contributed by atoms with Crippen LogP contribution in [-0.4, -0.2) is 96.5 Å². The van der Waals surface area contributed by atoms with Gasteiger partial charge in [-0.05, 0) is 75.0 Å². The first-order valence-corrected chi connectivity index (χ1v) is 17.0. The number of aromatic nitrogens is 1. The molecule has 0 unspecified atom stereocenters.